The molecule has 3 fully saturated rings. The summed E-state index contributed by atoms with van der Waals surface area (Å²) in [4.78, 5) is 0.336. The number of hydrogen-bond acceptors (Lipinski definition) is 4. The Hall–Kier alpha value is -0.928. The number of hydrogen-bond donors (Lipinski definition) is 0. The van der Waals surface area contributed by atoms with Crippen molar-refractivity contribution in [2.24, 2.45) is 17.3 Å². The Labute approximate surface area is 195 Å². The second kappa shape index (κ2) is 7.28. The average molecular weight is 476 g/mol. The smallest absolute Gasteiger partial charge is 0.402 e. The summed E-state index contributed by atoms with van der Waals surface area (Å²) in [6.07, 6.45) is 2.33. The molecule has 4 rings (SSSR count). The van der Waals surface area contributed by atoms with Crippen molar-refractivity contribution in [3.8, 4) is 0 Å². The van der Waals surface area contributed by atoms with Gasteiger partial charge in [-0.2, -0.15) is 4.31 Å². The molecule has 176 valence electrons. The fourth-order valence-electron chi connectivity index (χ4n) is 5.25. The average Bonchev–Trinajstić information content (AvgIpc) is 2.94. The molecule has 0 spiro atoms. The summed E-state index contributed by atoms with van der Waals surface area (Å²) in [5.41, 5.74) is 2.25. The minimum absolute atomic E-state index is 0.147. The van der Waals surface area contributed by atoms with Crippen LogP contribution in [-0.2, 0) is 19.3 Å². The first kappa shape index (κ1) is 24.2. The van der Waals surface area contributed by atoms with Crippen molar-refractivity contribution < 1.29 is 17.7 Å². The maximum atomic E-state index is 13.9. The number of rotatable bonds is 5. The van der Waals surface area contributed by atoms with Crippen LogP contribution in [0.3, 0.4) is 0 Å². The Balaban J connectivity index is 1.76. The zero-order valence-electron chi connectivity index (χ0n) is 21.0. The van der Waals surface area contributed by atoms with Gasteiger partial charge in [0.2, 0.25) is 10.0 Å². The van der Waals surface area contributed by atoms with E-state index >= 15 is 0 Å². The van der Waals surface area contributed by atoms with E-state index in [4.69, 9.17) is 9.31 Å². The van der Waals surface area contributed by atoms with E-state index in [1.54, 1.807) is 16.4 Å². The summed E-state index contributed by atoms with van der Waals surface area (Å²) in [5, 5.41) is 0. The van der Waals surface area contributed by atoms with Crippen molar-refractivity contribution in [1.82, 2.24) is 4.31 Å². The van der Waals surface area contributed by atoms with Gasteiger partial charge < -0.3 is 9.31 Å². The van der Waals surface area contributed by atoms with Crippen LogP contribution < -0.4 is 0 Å². The summed E-state index contributed by atoms with van der Waals surface area (Å²) in [6.45, 7) is 19.7. The predicted molar refractivity (Wildman–Crippen MR) is 133 cm³/mol. The van der Waals surface area contributed by atoms with E-state index in [0.29, 0.717) is 17.4 Å². The van der Waals surface area contributed by atoms with Crippen molar-refractivity contribution in [3.63, 3.8) is 0 Å². The van der Waals surface area contributed by atoms with Crippen molar-refractivity contribution in [2.45, 2.75) is 83.2 Å². The van der Waals surface area contributed by atoms with Gasteiger partial charge in [0, 0.05) is 12.0 Å². The summed E-state index contributed by atoms with van der Waals surface area (Å²) < 4.78 is 42.2. The second-order valence-electron chi connectivity index (χ2n) is 12.1. The summed E-state index contributed by atoms with van der Waals surface area (Å²) in [5.74, 6) is 0.234. The molecule has 0 radical (unpaired) electrons. The third-order valence-corrected chi connectivity index (χ3v) is 11.1. The minimum Gasteiger partial charge on any atom is -0.402 e. The molecule has 0 amide bonds. The molecule has 4 atom stereocenters. The topological polar surface area (TPSA) is 55.8 Å². The zero-order chi connectivity index (χ0) is 23.9. The van der Waals surface area contributed by atoms with E-state index in [-0.39, 0.29) is 17.3 Å². The quantitative estimate of drug-likeness (QED) is 0.580. The summed E-state index contributed by atoms with van der Waals surface area (Å²) in [7, 11) is -5.69. The van der Waals surface area contributed by atoms with Gasteiger partial charge in [-0.15, -0.1) is 0 Å². The third-order valence-electron chi connectivity index (χ3n) is 8.10. The Morgan fingerprint density at radius 1 is 1.06 bits per heavy atom. The highest BCUT2D eigenvalue weighted by Gasteiger charge is 2.75. The van der Waals surface area contributed by atoms with Gasteiger partial charge in [-0.1, -0.05) is 56.0 Å². The lowest BCUT2D eigenvalue weighted by Crippen LogP contribution is -2.50. The summed E-state index contributed by atoms with van der Waals surface area (Å²) >= 11 is 0. The molecular formula is C24H38BNO4SSi. The van der Waals surface area contributed by atoms with Crippen LogP contribution in [0.15, 0.2) is 40.9 Å². The zero-order valence-corrected chi connectivity index (χ0v) is 22.8. The lowest BCUT2D eigenvalue weighted by Gasteiger charge is -2.32. The summed E-state index contributed by atoms with van der Waals surface area (Å²) in [6, 6.07) is 7.14. The molecule has 1 aromatic rings. The standard InChI is InChI=1S/C24H38BNO4SSi/c1-17-10-12-19(13-11-17)31(27,28)26-16-24(14-15-32(7,8)9)18(2)20(24)21(26)25-29-22(3,4)23(5,6)30-25/h10-15,18,20-21H,16H2,1-9H3/b15-14+/t18-,20?,21-,24+/m0/s1. The molecule has 8 heteroatoms. The van der Waals surface area contributed by atoms with E-state index in [1.807, 2.05) is 46.8 Å². The molecule has 1 unspecified atom stereocenters. The van der Waals surface area contributed by atoms with Gasteiger partial charge in [0.25, 0.3) is 0 Å². The van der Waals surface area contributed by atoms with Crippen LogP contribution in [0, 0.1) is 24.2 Å². The fourth-order valence-corrected chi connectivity index (χ4v) is 7.76. The van der Waals surface area contributed by atoms with Gasteiger partial charge in [-0.3, -0.25) is 0 Å². The molecule has 2 aliphatic heterocycles. The second-order valence-corrected chi connectivity index (χ2v) is 19.1. The number of piperidine rings is 1. The van der Waals surface area contributed by atoms with Crippen molar-refractivity contribution in [3.05, 3.63) is 41.6 Å². The molecule has 0 aromatic heterocycles. The predicted octanol–water partition coefficient (Wildman–Crippen LogP) is 4.69. The van der Waals surface area contributed by atoms with Crippen LogP contribution in [0.5, 0.6) is 0 Å². The van der Waals surface area contributed by atoms with Crippen LogP contribution in [0.25, 0.3) is 0 Å². The van der Waals surface area contributed by atoms with Crippen molar-refractivity contribution in [2.75, 3.05) is 6.54 Å². The minimum atomic E-state index is -3.68. The van der Waals surface area contributed by atoms with Crippen LogP contribution in [0.2, 0.25) is 19.6 Å². The number of sulfonamides is 1. The Morgan fingerprint density at radius 2 is 1.59 bits per heavy atom. The van der Waals surface area contributed by atoms with Gasteiger partial charge in [-0.05, 0) is 58.6 Å². The maximum absolute atomic E-state index is 13.9. The van der Waals surface area contributed by atoms with Crippen LogP contribution in [-0.4, -0.2) is 51.6 Å². The molecule has 3 aliphatic rings. The lowest BCUT2D eigenvalue weighted by atomic mass is 9.75. The molecule has 2 saturated heterocycles. The van der Waals surface area contributed by atoms with E-state index in [9.17, 15) is 8.42 Å². The number of nitrogens with zero attached hydrogens (tertiary/aromatic N) is 1. The Morgan fingerprint density at radius 3 is 2.09 bits per heavy atom. The Bertz CT molecular complexity index is 1020. The van der Waals surface area contributed by atoms with E-state index < -0.39 is 36.4 Å². The first-order chi connectivity index (χ1) is 14.5. The van der Waals surface area contributed by atoms with Gasteiger partial charge >= 0.3 is 7.12 Å². The number of aryl methyl sites for hydroxylation is 1. The number of benzene rings is 1. The lowest BCUT2D eigenvalue weighted by molar-refractivity contribution is 0.00578. The van der Waals surface area contributed by atoms with Crippen LogP contribution in [0.1, 0.15) is 40.2 Å². The molecule has 1 aromatic carbocycles. The van der Waals surface area contributed by atoms with Gasteiger partial charge in [0.15, 0.2) is 0 Å². The van der Waals surface area contributed by atoms with Crippen molar-refractivity contribution >= 4 is 25.2 Å². The van der Waals surface area contributed by atoms with Crippen LogP contribution >= 0.6 is 0 Å². The number of fused-ring (bicyclic) bond motifs is 1. The van der Waals surface area contributed by atoms with E-state index in [0.717, 1.165) is 5.56 Å². The van der Waals surface area contributed by atoms with E-state index in [1.165, 1.54) is 0 Å². The molecule has 0 N–H and O–H groups in total. The van der Waals surface area contributed by atoms with Gasteiger partial charge in [-0.25, -0.2) is 8.42 Å². The fraction of sp³-hybridized carbons (Fsp3) is 0.667. The molecule has 0 bridgehead atoms. The van der Waals surface area contributed by atoms with Crippen LogP contribution in [0.4, 0.5) is 0 Å². The molecule has 5 nitrogen and oxygen atoms in total. The SMILES string of the molecule is Cc1ccc(S(=O)(=O)N2C[C@@]3(/C=C/[Si](C)(C)C)C([C@H]2B2OC(C)(C)C(C)(C)O2)[C@@H]3C)cc1. The first-order valence-electron chi connectivity index (χ1n) is 11.7. The van der Waals surface area contributed by atoms with Gasteiger partial charge in [0.05, 0.1) is 30.1 Å². The monoisotopic (exact) mass is 475 g/mol. The highest BCUT2D eigenvalue weighted by Crippen LogP contribution is 2.68. The largest absolute Gasteiger partial charge is 0.477 e. The molecule has 32 heavy (non-hydrogen) atoms. The molecule has 1 saturated carbocycles. The molecule has 2 heterocycles. The molecular weight excluding hydrogens is 437 g/mol. The molecule has 1 aliphatic carbocycles. The van der Waals surface area contributed by atoms with Gasteiger partial charge in [0.1, 0.15) is 0 Å². The highest BCUT2D eigenvalue weighted by molar-refractivity contribution is 7.89. The Kier molecular flexibility index (Phi) is 5.51. The van der Waals surface area contributed by atoms with E-state index in [2.05, 4.69) is 38.3 Å². The van der Waals surface area contributed by atoms with Crippen molar-refractivity contribution in [1.29, 1.82) is 0 Å². The first-order valence-corrected chi connectivity index (χ1v) is 16.7. The third kappa shape index (κ3) is 3.76. The maximum Gasteiger partial charge on any atom is 0.477 e. The normalized spacial score (nSPS) is 34.3. The highest BCUT2D eigenvalue weighted by atomic mass is 32.2.